The molecule has 0 saturated heterocycles. The van der Waals surface area contributed by atoms with Crippen LogP contribution < -0.4 is 15.0 Å². The lowest BCUT2D eigenvalue weighted by atomic mass is 9.81. The van der Waals surface area contributed by atoms with Crippen LogP contribution in [0.3, 0.4) is 0 Å². The van der Waals surface area contributed by atoms with Gasteiger partial charge in [-0.25, -0.2) is 9.78 Å². The number of nitrogens with one attached hydrogen (secondary N) is 1. The molecular weight excluding hydrogens is 575 g/mol. The molecule has 224 valence electrons. The third-order valence-electron chi connectivity index (χ3n) is 7.57. The van der Waals surface area contributed by atoms with Gasteiger partial charge in [-0.2, -0.15) is 0 Å². The Bertz CT molecular complexity index is 1440. The van der Waals surface area contributed by atoms with Gasteiger partial charge in [-0.05, 0) is 69.8 Å². The van der Waals surface area contributed by atoms with E-state index < -0.39 is 17.4 Å². The van der Waals surface area contributed by atoms with Gasteiger partial charge in [0.2, 0.25) is 0 Å². The molecule has 0 aliphatic heterocycles. The second kappa shape index (κ2) is 13.8. The number of benzene rings is 2. The molecule has 0 bridgehead atoms. The molecular formula is C32H38Cl2N4O4. The highest BCUT2D eigenvalue weighted by atomic mass is 35.5. The monoisotopic (exact) mass is 612 g/mol. The average Bonchev–Trinajstić information content (AvgIpc) is 2.96. The first-order chi connectivity index (χ1) is 20.0. The van der Waals surface area contributed by atoms with E-state index >= 15 is 0 Å². The third kappa shape index (κ3) is 7.35. The maximum Gasteiger partial charge on any atom is 0.329 e. The van der Waals surface area contributed by atoms with Gasteiger partial charge in [0, 0.05) is 43.0 Å². The van der Waals surface area contributed by atoms with Gasteiger partial charge in [0.1, 0.15) is 17.0 Å². The molecule has 42 heavy (non-hydrogen) atoms. The minimum Gasteiger partial charge on any atom is -0.492 e. The summed E-state index contributed by atoms with van der Waals surface area (Å²) in [5.74, 6) is -1.04. The number of halogens is 2. The van der Waals surface area contributed by atoms with E-state index in [9.17, 15) is 14.7 Å². The van der Waals surface area contributed by atoms with E-state index in [-0.39, 0.29) is 5.69 Å². The number of nitrogens with zero attached hydrogens (tertiary/aromatic N) is 3. The minimum absolute atomic E-state index is 0.115. The fourth-order valence-corrected chi connectivity index (χ4v) is 5.63. The van der Waals surface area contributed by atoms with Crippen molar-refractivity contribution in [1.29, 1.82) is 0 Å². The summed E-state index contributed by atoms with van der Waals surface area (Å²) in [6.07, 6.45) is 4.04. The summed E-state index contributed by atoms with van der Waals surface area (Å²) in [6.45, 7) is 1.36. The van der Waals surface area contributed by atoms with Crippen molar-refractivity contribution in [2.45, 2.75) is 44.1 Å². The normalized spacial score (nSPS) is 14.5. The van der Waals surface area contributed by atoms with Crippen LogP contribution in [0.2, 0.25) is 10.0 Å². The molecule has 1 aromatic heterocycles. The number of hydrogen-bond acceptors (Lipinski definition) is 6. The molecule has 0 atom stereocenters. The van der Waals surface area contributed by atoms with Crippen molar-refractivity contribution >= 4 is 40.8 Å². The van der Waals surface area contributed by atoms with E-state index in [4.69, 9.17) is 32.9 Å². The molecule has 10 heteroatoms. The van der Waals surface area contributed by atoms with Crippen molar-refractivity contribution in [3.05, 3.63) is 64.3 Å². The summed E-state index contributed by atoms with van der Waals surface area (Å²) in [5, 5.41) is 13.8. The van der Waals surface area contributed by atoms with E-state index in [2.05, 4.69) is 10.2 Å². The lowest BCUT2D eigenvalue weighted by molar-refractivity contribution is -0.145. The molecule has 1 fully saturated rings. The number of carbonyl (C=O) groups is 2. The van der Waals surface area contributed by atoms with Crippen LogP contribution in [0, 0.1) is 0 Å². The molecule has 1 aliphatic rings. The molecule has 0 spiro atoms. The highest BCUT2D eigenvalue weighted by Crippen LogP contribution is 2.39. The molecule has 4 rings (SSSR count). The van der Waals surface area contributed by atoms with E-state index in [0.29, 0.717) is 52.1 Å². The first-order valence-electron chi connectivity index (χ1n) is 14.1. The number of amides is 1. The predicted octanol–water partition coefficient (Wildman–Crippen LogP) is 6.64. The van der Waals surface area contributed by atoms with Crippen LogP contribution in [0.4, 0.5) is 5.69 Å². The lowest BCUT2D eigenvalue weighted by Gasteiger charge is -2.33. The van der Waals surface area contributed by atoms with E-state index in [1.165, 1.54) is 0 Å². The standard InChI is InChI=1S/C32H38Cl2N4O4/c1-37(2)17-8-18-42-28-19-21(9-13-25(28)33)29-24(23-11-10-22(38(3)4)20-26(23)34)12-14-27(35-29)30(39)36-32(31(40)41)15-6-5-7-16-32/h9-14,19-20H,5-8,15-18H2,1-4H3,(H,36,39)(H,40,41). The summed E-state index contributed by atoms with van der Waals surface area (Å²) in [4.78, 5) is 34.5. The number of ether oxygens (including phenoxy) is 1. The van der Waals surface area contributed by atoms with Gasteiger partial charge in [-0.1, -0.05) is 54.6 Å². The fraction of sp³-hybridized carbons (Fsp3) is 0.406. The summed E-state index contributed by atoms with van der Waals surface area (Å²) in [6, 6.07) is 14.6. The van der Waals surface area contributed by atoms with Gasteiger partial charge in [-0.15, -0.1) is 0 Å². The average molecular weight is 614 g/mol. The largest absolute Gasteiger partial charge is 0.492 e. The van der Waals surface area contributed by atoms with Gasteiger partial charge < -0.3 is 25.0 Å². The Kier molecular flexibility index (Phi) is 10.4. The zero-order valence-electron chi connectivity index (χ0n) is 24.5. The molecule has 1 saturated carbocycles. The fourth-order valence-electron chi connectivity index (χ4n) is 5.18. The molecule has 1 aliphatic carbocycles. The van der Waals surface area contributed by atoms with Crippen molar-refractivity contribution < 1.29 is 19.4 Å². The van der Waals surface area contributed by atoms with E-state index in [0.717, 1.165) is 43.5 Å². The highest BCUT2D eigenvalue weighted by molar-refractivity contribution is 6.34. The number of aliphatic carboxylic acids is 1. The van der Waals surface area contributed by atoms with Gasteiger partial charge in [0.25, 0.3) is 5.91 Å². The zero-order chi connectivity index (χ0) is 30.4. The molecule has 1 amide bonds. The first kappa shape index (κ1) is 31.6. The lowest BCUT2D eigenvalue weighted by Crippen LogP contribution is -2.55. The SMILES string of the molecule is CN(C)CCCOc1cc(-c2nc(C(=O)NC3(C(=O)O)CCCCC3)ccc2-c2ccc(N(C)C)cc2Cl)ccc1Cl. The second-order valence-corrected chi connectivity index (χ2v) is 12.0. The maximum absolute atomic E-state index is 13.5. The Balaban J connectivity index is 1.76. The number of aromatic nitrogens is 1. The van der Waals surface area contributed by atoms with Gasteiger partial charge in [-0.3, -0.25) is 4.79 Å². The Morgan fingerprint density at radius 1 is 0.952 bits per heavy atom. The molecule has 1 heterocycles. The predicted molar refractivity (Wildman–Crippen MR) is 169 cm³/mol. The Hall–Kier alpha value is -3.33. The van der Waals surface area contributed by atoms with Crippen LogP contribution in [0.1, 0.15) is 49.0 Å². The van der Waals surface area contributed by atoms with Gasteiger partial charge in [0.15, 0.2) is 0 Å². The number of carboxylic acids is 1. The molecule has 8 nitrogen and oxygen atoms in total. The van der Waals surface area contributed by atoms with Gasteiger partial charge >= 0.3 is 5.97 Å². The highest BCUT2D eigenvalue weighted by Gasteiger charge is 2.41. The van der Waals surface area contributed by atoms with Crippen LogP contribution >= 0.6 is 23.2 Å². The van der Waals surface area contributed by atoms with Crippen molar-refractivity contribution in [3.63, 3.8) is 0 Å². The van der Waals surface area contributed by atoms with Crippen LogP contribution in [0.25, 0.3) is 22.4 Å². The zero-order valence-corrected chi connectivity index (χ0v) is 26.1. The number of anilines is 1. The van der Waals surface area contributed by atoms with Crippen LogP contribution in [-0.4, -0.2) is 73.7 Å². The maximum atomic E-state index is 13.5. The first-order valence-corrected chi connectivity index (χ1v) is 14.9. The van der Waals surface area contributed by atoms with Crippen molar-refractivity contribution in [3.8, 4) is 28.1 Å². The molecule has 3 aromatic rings. The van der Waals surface area contributed by atoms with Crippen molar-refractivity contribution in [1.82, 2.24) is 15.2 Å². The topological polar surface area (TPSA) is 95.0 Å². The smallest absolute Gasteiger partial charge is 0.329 e. The number of pyridine rings is 1. The number of carboxylic acid groups (broad SMARTS) is 1. The summed E-state index contributed by atoms with van der Waals surface area (Å²) in [7, 11) is 7.89. The van der Waals surface area contributed by atoms with Crippen molar-refractivity contribution in [2.75, 3.05) is 46.2 Å². The summed E-state index contributed by atoms with van der Waals surface area (Å²) < 4.78 is 6.02. The van der Waals surface area contributed by atoms with E-state index in [1.807, 2.05) is 63.4 Å². The number of rotatable bonds is 11. The molecule has 2 N–H and O–H groups in total. The van der Waals surface area contributed by atoms with E-state index in [1.54, 1.807) is 18.2 Å². The Labute approximate surface area is 257 Å². The summed E-state index contributed by atoms with van der Waals surface area (Å²) >= 11 is 13.3. The Morgan fingerprint density at radius 2 is 1.67 bits per heavy atom. The molecule has 0 radical (unpaired) electrons. The minimum atomic E-state index is -1.30. The van der Waals surface area contributed by atoms with Crippen LogP contribution in [-0.2, 0) is 4.79 Å². The van der Waals surface area contributed by atoms with Crippen LogP contribution in [0.15, 0.2) is 48.5 Å². The van der Waals surface area contributed by atoms with Gasteiger partial charge in [0.05, 0.1) is 22.3 Å². The third-order valence-corrected chi connectivity index (χ3v) is 8.19. The Morgan fingerprint density at radius 3 is 2.31 bits per heavy atom. The number of hydrogen-bond donors (Lipinski definition) is 2. The molecule has 2 aromatic carbocycles. The summed E-state index contributed by atoms with van der Waals surface area (Å²) in [5.41, 5.74) is 2.41. The van der Waals surface area contributed by atoms with Crippen LogP contribution in [0.5, 0.6) is 5.75 Å². The quantitative estimate of drug-likeness (QED) is 0.234. The van der Waals surface area contributed by atoms with Crippen molar-refractivity contribution in [2.24, 2.45) is 0 Å². The number of carbonyl (C=O) groups excluding carboxylic acids is 1. The second-order valence-electron chi connectivity index (χ2n) is 11.2. The molecule has 0 unspecified atom stereocenters.